The van der Waals surface area contributed by atoms with Crippen LogP contribution >= 0.6 is 0 Å². The smallest absolute Gasteiger partial charge is 0.416 e. The molecule has 2 aromatic carbocycles. The number of rotatable bonds is 4. The Morgan fingerprint density at radius 2 is 1.70 bits per heavy atom. The Morgan fingerprint density at radius 3 is 2.22 bits per heavy atom. The molecule has 122 valence electrons. The summed E-state index contributed by atoms with van der Waals surface area (Å²) in [6, 6.07) is 9.85. The molecular weight excluding hydrogens is 309 g/mol. The van der Waals surface area contributed by atoms with Crippen molar-refractivity contribution in [3.05, 3.63) is 53.6 Å². The summed E-state index contributed by atoms with van der Waals surface area (Å²) in [4.78, 5) is 10.8. The molecule has 1 N–H and O–H groups in total. The average molecular weight is 324 g/mol. The van der Waals surface area contributed by atoms with Crippen molar-refractivity contribution in [3.8, 4) is 16.9 Å². The average Bonchev–Trinajstić information content (AvgIpc) is 2.45. The predicted molar refractivity (Wildman–Crippen MR) is 79.3 cm³/mol. The van der Waals surface area contributed by atoms with Gasteiger partial charge in [0.15, 0.2) is 6.10 Å². The summed E-state index contributed by atoms with van der Waals surface area (Å²) < 4.78 is 43.1. The summed E-state index contributed by atoms with van der Waals surface area (Å²) in [6.07, 6.45) is -5.40. The second kappa shape index (κ2) is 6.32. The van der Waals surface area contributed by atoms with Crippen LogP contribution in [0, 0.1) is 6.92 Å². The van der Waals surface area contributed by atoms with Gasteiger partial charge in [-0.1, -0.05) is 18.2 Å². The summed E-state index contributed by atoms with van der Waals surface area (Å²) in [6.45, 7) is 3.20. The summed E-state index contributed by atoms with van der Waals surface area (Å²) in [5, 5.41) is 8.87. The first kappa shape index (κ1) is 16.9. The first-order valence-electron chi connectivity index (χ1n) is 6.85. The Hall–Kier alpha value is -2.50. The number of ether oxygens (including phenoxy) is 1. The van der Waals surface area contributed by atoms with Crippen molar-refractivity contribution in [3.63, 3.8) is 0 Å². The van der Waals surface area contributed by atoms with Crippen molar-refractivity contribution in [2.45, 2.75) is 26.1 Å². The van der Waals surface area contributed by atoms with E-state index in [0.29, 0.717) is 16.9 Å². The summed E-state index contributed by atoms with van der Waals surface area (Å²) in [5.41, 5.74) is 1.35. The van der Waals surface area contributed by atoms with E-state index in [0.717, 1.165) is 17.7 Å². The summed E-state index contributed by atoms with van der Waals surface area (Å²) in [7, 11) is 0. The van der Waals surface area contributed by atoms with Gasteiger partial charge in [0.2, 0.25) is 0 Å². The van der Waals surface area contributed by atoms with E-state index in [-0.39, 0.29) is 0 Å². The molecule has 0 aliphatic carbocycles. The molecule has 23 heavy (non-hydrogen) atoms. The number of aliphatic carboxylic acids is 1. The third-order valence-electron chi connectivity index (χ3n) is 3.26. The van der Waals surface area contributed by atoms with E-state index in [9.17, 15) is 18.0 Å². The maximum atomic E-state index is 12.6. The molecule has 0 fully saturated rings. The van der Waals surface area contributed by atoms with Gasteiger partial charge in [-0.3, -0.25) is 0 Å². The predicted octanol–water partition coefficient (Wildman–Crippen LogP) is 4.53. The molecule has 1 atom stereocenters. The quantitative estimate of drug-likeness (QED) is 0.898. The number of carbonyl (C=O) groups is 1. The highest BCUT2D eigenvalue weighted by atomic mass is 19.4. The van der Waals surface area contributed by atoms with E-state index >= 15 is 0 Å². The minimum atomic E-state index is -4.38. The lowest BCUT2D eigenvalue weighted by atomic mass is 10.0. The number of alkyl halides is 3. The topological polar surface area (TPSA) is 46.5 Å². The summed E-state index contributed by atoms with van der Waals surface area (Å²) in [5.74, 6) is -0.739. The molecule has 0 spiro atoms. The minimum absolute atomic E-state index is 0.356. The van der Waals surface area contributed by atoms with Crippen LogP contribution in [0.4, 0.5) is 13.2 Å². The van der Waals surface area contributed by atoms with E-state index < -0.39 is 23.8 Å². The van der Waals surface area contributed by atoms with Crippen molar-refractivity contribution in [1.29, 1.82) is 0 Å². The highest BCUT2D eigenvalue weighted by Crippen LogP contribution is 2.32. The second-order valence-corrected chi connectivity index (χ2v) is 5.21. The molecule has 0 aliphatic rings. The standard InChI is InChI=1S/C17H15F3O3/c1-10-7-13(9-15(8-10)23-11(2)16(21)22)12-3-5-14(6-4-12)17(18,19)20/h3-9,11H,1-2H3,(H,21,22). The molecule has 0 saturated carbocycles. The molecule has 0 aliphatic heterocycles. The molecule has 0 amide bonds. The van der Waals surface area contributed by atoms with Crippen LogP contribution in [0.2, 0.25) is 0 Å². The molecule has 0 aromatic heterocycles. The van der Waals surface area contributed by atoms with Crippen LogP contribution in [0.1, 0.15) is 18.1 Å². The molecule has 3 nitrogen and oxygen atoms in total. The van der Waals surface area contributed by atoms with Gasteiger partial charge in [0.1, 0.15) is 5.75 Å². The van der Waals surface area contributed by atoms with Gasteiger partial charge in [-0.05, 0) is 54.8 Å². The maximum Gasteiger partial charge on any atom is 0.416 e. The zero-order chi connectivity index (χ0) is 17.2. The van der Waals surface area contributed by atoms with Crippen LogP contribution in [-0.4, -0.2) is 17.2 Å². The van der Waals surface area contributed by atoms with Gasteiger partial charge < -0.3 is 9.84 Å². The molecule has 1 unspecified atom stereocenters. The lowest BCUT2D eigenvalue weighted by Crippen LogP contribution is -2.22. The van der Waals surface area contributed by atoms with Crippen LogP contribution in [0.3, 0.4) is 0 Å². The number of halogens is 3. The Balaban J connectivity index is 2.32. The first-order chi connectivity index (χ1) is 10.7. The molecule has 6 heteroatoms. The van der Waals surface area contributed by atoms with Gasteiger partial charge in [-0.2, -0.15) is 13.2 Å². The van der Waals surface area contributed by atoms with Crippen LogP contribution in [-0.2, 0) is 11.0 Å². The zero-order valence-electron chi connectivity index (χ0n) is 12.5. The molecular formula is C17H15F3O3. The van der Waals surface area contributed by atoms with Crippen LogP contribution in [0.25, 0.3) is 11.1 Å². The van der Waals surface area contributed by atoms with Gasteiger partial charge in [0.05, 0.1) is 5.56 Å². The van der Waals surface area contributed by atoms with E-state index in [2.05, 4.69) is 0 Å². The Morgan fingerprint density at radius 1 is 1.09 bits per heavy atom. The van der Waals surface area contributed by atoms with Crippen LogP contribution in [0.15, 0.2) is 42.5 Å². The normalized spacial score (nSPS) is 12.7. The number of carboxylic acids is 1. The van der Waals surface area contributed by atoms with Gasteiger partial charge in [-0.25, -0.2) is 4.79 Å². The van der Waals surface area contributed by atoms with Crippen molar-refractivity contribution in [1.82, 2.24) is 0 Å². The van der Waals surface area contributed by atoms with Crippen molar-refractivity contribution in [2.24, 2.45) is 0 Å². The fourth-order valence-electron chi connectivity index (χ4n) is 2.09. The third kappa shape index (κ3) is 4.25. The first-order valence-corrected chi connectivity index (χ1v) is 6.85. The lowest BCUT2D eigenvalue weighted by Gasteiger charge is -2.13. The molecule has 2 rings (SSSR count). The zero-order valence-corrected chi connectivity index (χ0v) is 12.5. The van der Waals surface area contributed by atoms with Gasteiger partial charge in [-0.15, -0.1) is 0 Å². The number of hydrogen-bond donors (Lipinski definition) is 1. The monoisotopic (exact) mass is 324 g/mol. The highest BCUT2D eigenvalue weighted by molar-refractivity contribution is 5.72. The van der Waals surface area contributed by atoms with Crippen LogP contribution in [0.5, 0.6) is 5.75 Å². The third-order valence-corrected chi connectivity index (χ3v) is 3.26. The number of aryl methyl sites for hydroxylation is 1. The largest absolute Gasteiger partial charge is 0.479 e. The van der Waals surface area contributed by atoms with Gasteiger partial charge in [0, 0.05) is 0 Å². The van der Waals surface area contributed by atoms with E-state index in [1.165, 1.54) is 19.1 Å². The molecule has 0 bridgehead atoms. The number of benzene rings is 2. The molecule has 0 saturated heterocycles. The molecule has 0 radical (unpaired) electrons. The van der Waals surface area contributed by atoms with Crippen molar-refractivity contribution >= 4 is 5.97 Å². The summed E-state index contributed by atoms with van der Waals surface area (Å²) >= 11 is 0. The Kier molecular flexibility index (Phi) is 4.63. The lowest BCUT2D eigenvalue weighted by molar-refractivity contribution is -0.144. The van der Waals surface area contributed by atoms with Crippen LogP contribution < -0.4 is 4.74 Å². The second-order valence-electron chi connectivity index (χ2n) is 5.21. The van der Waals surface area contributed by atoms with E-state index in [1.807, 2.05) is 0 Å². The highest BCUT2D eigenvalue weighted by Gasteiger charge is 2.30. The van der Waals surface area contributed by atoms with Crippen molar-refractivity contribution in [2.75, 3.05) is 0 Å². The fourth-order valence-corrected chi connectivity index (χ4v) is 2.09. The van der Waals surface area contributed by atoms with E-state index in [1.54, 1.807) is 25.1 Å². The number of hydrogen-bond acceptors (Lipinski definition) is 2. The molecule has 2 aromatic rings. The maximum absolute atomic E-state index is 12.6. The minimum Gasteiger partial charge on any atom is -0.479 e. The van der Waals surface area contributed by atoms with Gasteiger partial charge >= 0.3 is 12.1 Å². The Labute approximate surface area is 131 Å². The number of carboxylic acid groups (broad SMARTS) is 1. The van der Waals surface area contributed by atoms with Gasteiger partial charge in [0.25, 0.3) is 0 Å². The Bertz CT molecular complexity index is 706. The fraction of sp³-hybridized carbons (Fsp3) is 0.235. The van der Waals surface area contributed by atoms with E-state index in [4.69, 9.17) is 9.84 Å². The molecule has 0 heterocycles. The van der Waals surface area contributed by atoms with Crippen molar-refractivity contribution < 1.29 is 27.8 Å². The SMILES string of the molecule is Cc1cc(OC(C)C(=O)O)cc(-c2ccc(C(F)(F)F)cc2)c1.